The van der Waals surface area contributed by atoms with Crippen molar-refractivity contribution in [2.45, 2.75) is 31.4 Å². The first-order valence-electron chi connectivity index (χ1n) is 6.97. The molecule has 2 nitrogen and oxygen atoms in total. The van der Waals surface area contributed by atoms with Crippen LogP contribution in [0.4, 0.5) is 10.1 Å². The topological polar surface area (TPSA) is 32.3 Å². The number of anilines is 1. The van der Waals surface area contributed by atoms with E-state index >= 15 is 0 Å². The van der Waals surface area contributed by atoms with E-state index in [1.165, 1.54) is 6.07 Å². The normalized spacial score (nSPS) is 21.3. The number of halogens is 1. The van der Waals surface area contributed by atoms with Crippen molar-refractivity contribution in [3.63, 3.8) is 0 Å². The van der Waals surface area contributed by atoms with Gasteiger partial charge in [0.05, 0.1) is 6.61 Å². The van der Waals surface area contributed by atoms with Gasteiger partial charge in [-0.05, 0) is 48.1 Å². The zero-order valence-corrected chi connectivity index (χ0v) is 11.2. The van der Waals surface area contributed by atoms with Crippen LogP contribution in [0.5, 0.6) is 0 Å². The molecule has 3 heteroatoms. The van der Waals surface area contributed by atoms with Gasteiger partial charge < -0.3 is 10.4 Å². The van der Waals surface area contributed by atoms with Crippen LogP contribution in [0.25, 0.3) is 0 Å². The Morgan fingerprint density at radius 2 is 1.90 bits per heavy atom. The third-order valence-corrected chi connectivity index (χ3v) is 3.96. The third kappa shape index (κ3) is 2.68. The molecule has 0 saturated heterocycles. The molecule has 1 saturated carbocycles. The third-order valence-electron chi connectivity index (χ3n) is 3.96. The van der Waals surface area contributed by atoms with Gasteiger partial charge in [-0.2, -0.15) is 0 Å². The lowest BCUT2D eigenvalue weighted by atomic mass is 9.75. The van der Waals surface area contributed by atoms with Crippen LogP contribution in [0.15, 0.2) is 48.5 Å². The zero-order valence-electron chi connectivity index (χ0n) is 11.2. The predicted molar refractivity (Wildman–Crippen MR) is 78.2 cm³/mol. The molecule has 0 radical (unpaired) electrons. The van der Waals surface area contributed by atoms with Gasteiger partial charge in [0.1, 0.15) is 5.82 Å². The number of nitrogens with one attached hydrogen (secondary N) is 1. The highest BCUT2D eigenvalue weighted by Gasteiger charge is 2.31. The minimum absolute atomic E-state index is 0.0536. The minimum Gasteiger partial charge on any atom is -0.392 e. The van der Waals surface area contributed by atoms with Gasteiger partial charge in [0.25, 0.3) is 0 Å². The summed E-state index contributed by atoms with van der Waals surface area (Å²) in [5.41, 5.74) is 2.75. The molecule has 1 aliphatic rings. The van der Waals surface area contributed by atoms with Crippen LogP contribution in [0.3, 0.4) is 0 Å². The number of benzene rings is 2. The van der Waals surface area contributed by atoms with E-state index in [1.54, 1.807) is 6.07 Å². The average Bonchev–Trinajstić information content (AvgIpc) is 2.44. The molecule has 2 aromatic carbocycles. The summed E-state index contributed by atoms with van der Waals surface area (Å²) in [6, 6.07) is 15.2. The van der Waals surface area contributed by atoms with Crippen LogP contribution in [-0.4, -0.2) is 11.1 Å². The summed E-state index contributed by atoms with van der Waals surface area (Å²) >= 11 is 0. The highest BCUT2D eigenvalue weighted by Crippen LogP contribution is 2.39. The molecule has 0 spiro atoms. The van der Waals surface area contributed by atoms with Crippen LogP contribution < -0.4 is 5.32 Å². The monoisotopic (exact) mass is 271 g/mol. The highest BCUT2D eigenvalue weighted by atomic mass is 19.1. The smallest absolute Gasteiger partial charge is 0.126 e. The Hall–Kier alpha value is -1.87. The molecule has 1 aliphatic carbocycles. The molecule has 2 N–H and O–H groups in total. The van der Waals surface area contributed by atoms with E-state index in [0.29, 0.717) is 12.0 Å². The summed E-state index contributed by atoms with van der Waals surface area (Å²) in [6.07, 6.45) is 1.90. The van der Waals surface area contributed by atoms with Gasteiger partial charge in [-0.15, -0.1) is 0 Å². The first kappa shape index (κ1) is 13.1. The van der Waals surface area contributed by atoms with E-state index in [9.17, 15) is 4.39 Å². The molecule has 20 heavy (non-hydrogen) atoms. The van der Waals surface area contributed by atoms with Crippen LogP contribution in [0, 0.1) is 5.82 Å². The number of aliphatic hydroxyl groups is 1. The maximum atomic E-state index is 13.7. The van der Waals surface area contributed by atoms with Gasteiger partial charge in [-0.25, -0.2) is 4.39 Å². The van der Waals surface area contributed by atoms with Gasteiger partial charge in [0.2, 0.25) is 0 Å². The van der Waals surface area contributed by atoms with E-state index < -0.39 is 0 Å². The summed E-state index contributed by atoms with van der Waals surface area (Å²) in [7, 11) is 0. The predicted octanol–water partition coefficient (Wildman–Crippen LogP) is 3.68. The van der Waals surface area contributed by atoms with Gasteiger partial charge in [0, 0.05) is 11.7 Å². The fourth-order valence-corrected chi connectivity index (χ4v) is 2.79. The Balaban J connectivity index is 1.59. The van der Waals surface area contributed by atoms with Crippen molar-refractivity contribution in [3.05, 3.63) is 65.5 Å². The Kier molecular flexibility index (Phi) is 3.70. The van der Waals surface area contributed by atoms with Crippen molar-refractivity contribution >= 4 is 5.69 Å². The first-order chi connectivity index (χ1) is 9.76. The van der Waals surface area contributed by atoms with Gasteiger partial charge in [-0.3, -0.25) is 0 Å². The summed E-state index contributed by atoms with van der Waals surface area (Å²) in [5.74, 6) is 0.216. The molecule has 0 bridgehead atoms. The second kappa shape index (κ2) is 5.63. The lowest BCUT2D eigenvalue weighted by molar-refractivity contribution is 0.282. The maximum absolute atomic E-state index is 13.7. The molecule has 1 fully saturated rings. The van der Waals surface area contributed by atoms with Crippen molar-refractivity contribution in [2.75, 3.05) is 5.32 Å². The fourth-order valence-electron chi connectivity index (χ4n) is 2.79. The van der Waals surface area contributed by atoms with Crippen LogP contribution in [0.2, 0.25) is 0 Å². The summed E-state index contributed by atoms with van der Waals surface area (Å²) in [4.78, 5) is 0. The van der Waals surface area contributed by atoms with E-state index in [1.807, 2.05) is 36.4 Å². The lowest BCUT2D eigenvalue weighted by Crippen LogP contribution is -2.34. The number of hydrogen-bond donors (Lipinski definition) is 2. The maximum Gasteiger partial charge on any atom is 0.126 e. The molecular formula is C17H18FNO. The van der Waals surface area contributed by atoms with Gasteiger partial charge in [0.15, 0.2) is 0 Å². The fraction of sp³-hybridized carbons (Fsp3) is 0.294. The summed E-state index contributed by atoms with van der Waals surface area (Å²) in [6.45, 7) is 0.0536. The largest absolute Gasteiger partial charge is 0.392 e. The van der Waals surface area contributed by atoms with Crippen molar-refractivity contribution in [3.8, 4) is 0 Å². The average molecular weight is 271 g/mol. The molecule has 0 unspecified atom stereocenters. The highest BCUT2D eigenvalue weighted by molar-refractivity contribution is 5.47. The molecule has 0 atom stereocenters. The lowest BCUT2D eigenvalue weighted by Gasteiger charge is -2.37. The molecular weight excluding hydrogens is 253 g/mol. The van der Waals surface area contributed by atoms with E-state index in [0.717, 1.165) is 29.7 Å². The summed E-state index contributed by atoms with van der Waals surface area (Å²) < 4.78 is 13.7. The Labute approximate surface area is 118 Å². The SMILES string of the molecule is OCc1cccc(NC2CC(c3ccccc3F)C2)c1. The molecule has 104 valence electrons. The van der Waals surface area contributed by atoms with Crippen LogP contribution >= 0.6 is 0 Å². The van der Waals surface area contributed by atoms with Gasteiger partial charge in [-0.1, -0.05) is 30.3 Å². The Morgan fingerprint density at radius 3 is 2.65 bits per heavy atom. The first-order valence-corrected chi connectivity index (χ1v) is 6.97. The Bertz CT molecular complexity index is 593. The molecule has 2 aromatic rings. The number of rotatable bonds is 4. The molecule has 0 amide bonds. The minimum atomic E-state index is -0.0989. The van der Waals surface area contributed by atoms with E-state index in [2.05, 4.69) is 5.32 Å². The number of hydrogen-bond acceptors (Lipinski definition) is 2. The molecule has 0 heterocycles. The van der Waals surface area contributed by atoms with E-state index in [4.69, 9.17) is 5.11 Å². The quantitative estimate of drug-likeness (QED) is 0.889. The summed E-state index contributed by atoms with van der Waals surface area (Å²) in [5, 5.41) is 12.6. The molecule has 0 aromatic heterocycles. The molecule has 0 aliphatic heterocycles. The second-order valence-corrected chi connectivity index (χ2v) is 5.39. The van der Waals surface area contributed by atoms with Crippen molar-refractivity contribution < 1.29 is 9.50 Å². The Morgan fingerprint density at radius 1 is 1.10 bits per heavy atom. The van der Waals surface area contributed by atoms with Crippen LogP contribution in [-0.2, 0) is 6.61 Å². The molecule has 3 rings (SSSR count). The van der Waals surface area contributed by atoms with Gasteiger partial charge >= 0.3 is 0 Å². The standard InChI is InChI=1S/C17H18FNO/c18-17-7-2-1-6-16(17)13-9-15(10-13)19-14-5-3-4-12(8-14)11-20/h1-8,13,15,19-20H,9-11H2. The van der Waals surface area contributed by atoms with Crippen molar-refractivity contribution in [1.29, 1.82) is 0 Å². The van der Waals surface area contributed by atoms with Crippen molar-refractivity contribution in [2.24, 2.45) is 0 Å². The van der Waals surface area contributed by atoms with Crippen molar-refractivity contribution in [1.82, 2.24) is 0 Å². The van der Waals surface area contributed by atoms with E-state index in [-0.39, 0.29) is 12.4 Å². The zero-order chi connectivity index (χ0) is 13.9. The number of aliphatic hydroxyl groups excluding tert-OH is 1. The second-order valence-electron chi connectivity index (χ2n) is 5.39. The van der Waals surface area contributed by atoms with Crippen LogP contribution in [0.1, 0.15) is 29.9 Å².